The van der Waals surface area contributed by atoms with Crippen molar-refractivity contribution >= 4 is 0 Å². The maximum absolute atomic E-state index is 4.11. The van der Waals surface area contributed by atoms with Crippen molar-refractivity contribution in [2.45, 2.75) is 31.7 Å². The lowest BCUT2D eigenvalue weighted by Gasteiger charge is -2.37. The Balaban J connectivity index is 2.44. The average Bonchev–Trinajstić information content (AvgIpc) is 3.14. The molecule has 0 amide bonds. The van der Waals surface area contributed by atoms with Gasteiger partial charge >= 0.3 is 0 Å². The van der Waals surface area contributed by atoms with Crippen molar-refractivity contribution in [2.75, 3.05) is 47.8 Å². The van der Waals surface area contributed by atoms with Gasteiger partial charge in [0.2, 0.25) is 0 Å². The number of rotatable bonds is 10. The zero-order valence-corrected chi connectivity index (χ0v) is 13.6. The third-order valence-electron chi connectivity index (χ3n) is 4.77. The summed E-state index contributed by atoms with van der Waals surface area (Å²) in [7, 11) is 8.57. The van der Waals surface area contributed by atoms with E-state index < -0.39 is 0 Å². The number of likely N-dealkylation sites (N-methyl/N-ethyl adjacent to an activating group) is 1. The molecule has 0 heterocycles. The van der Waals surface area contributed by atoms with Crippen LogP contribution in [0.3, 0.4) is 0 Å². The predicted octanol–water partition coefficient (Wildman–Crippen LogP) is 2.06. The summed E-state index contributed by atoms with van der Waals surface area (Å²) in [5, 5.41) is 3.26. The predicted molar refractivity (Wildman–Crippen MR) is 84.5 cm³/mol. The van der Waals surface area contributed by atoms with E-state index in [0.717, 1.165) is 31.5 Å². The van der Waals surface area contributed by atoms with Crippen molar-refractivity contribution < 1.29 is 0 Å². The molecule has 3 heteroatoms. The molecule has 1 aliphatic carbocycles. The van der Waals surface area contributed by atoms with Crippen LogP contribution in [-0.2, 0) is 0 Å². The lowest BCUT2D eigenvalue weighted by molar-refractivity contribution is 0.148. The summed E-state index contributed by atoms with van der Waals surface area (Å²) in [5.74, 6) is 1.68. The molecular formula is C16H33N3. The lowest BCUT2D eigenvalue weighted by Crippen LogP contribution is -2.45. The molecule has 0 aromatic heterocycles. The third-order valence-corrected chi connectivity index (χ3v) is 4.77. The van der Waals surface area contributed by atoms with Gasteiger partial charge in [0.25, 0.3) is 0 Å². The Morgan fingerprint density at radius 1 is 1.32 bits per heavy atom. The molecule has 112 valence electrons. The van der Waals surface area contributed by atoms with Crippen LogP contribution < -0.4 is 5.32 Å². The van der Waals surface area contributed by atoms with E-state index in [-0.39, 0.29) is 5.54 Å². The Bertz CT molecular complexity index is 277. The van der Waals surface area contributed by atoms with Gasteiger partial charge in [-0.2, -0.15) is 0 Å². The van der Waals surface area contributed by atoms with Crippen molar-refractivity contribution in [3.05, 3.63) is 12.7 Å². The van der Waals surface area contributed by atoms with Crippen molar-refractivity contribution in [3.8, 4) is 0 Å². The summed E-state index contributed by atoms with van der Waals surface area (Å²) in [6, 6.07) is 0. The average molecular weight is 267 g/mol. The summed E-state index contributed by atoms with van der Waals surface area (Å²) < 4.78 is 0. The maximum Gasteiger partial charge on any atom is 0.0388 e. The van der Waals surface area contributed by atoms with Crippen LogP contribution in [-0.4, -0.2) is 63.2 Å². The second kappa shape index (κ2) is 7.41. The van der Waals surface area contributed by atoms with Crippen LogP contribution in [0.5, 0.6) is 0 Å². The topological polar surface area (TPSA) is 18.5 Å². The van der Waals surface area contributed by atoms with Crippen molar-refractivity contribution in [2.24, 2.45) is 11.8 Å². The van der Waals surface area contributed by atoms with E-state index in [1.54, 1.807) is 0 Å². The molecule has 1 rings (SSSR count). The summed E-state index contributed by atoms with van der Waals surface area (Å²) in [5.41, 5.74) is 0.171. The first-order chi connectivity index (χ1) is 8.95. The largest absolute Gasteiger partial charge is 0.320 e. The van der Waals surface area contributed by atoms with Gasteiger partial charge in [0.15, 0.2) is 0 Å². The van der Waals surface area contributed by atoms with Gasteiger partial charge < -0.3 is 10.2 Å². The molecule has 0 radical (unpaired) electrons. The fourth-order valence-corrected chi connectivity index (χ4v) is 3.07. The van der Waals surface area contributed by atoms with Gasteiger partial charge in [0, 0.05) is 5.54 Å². The van der Waals surface area contributed by atoms with Crippen molar-refractivity contribution in [1.82, 2.24) is 15.1 Å². The fraction of sp³-hybridized carbons (Fsp3) is 0.875. The number of hydrogen-bond acceptors (Lipinski definition) is 3. The van der Waals surface area contributed by atoms with E-state index in [1.807, 2.05) is 7.05 Å². The standard InChI is InChI=1S/C16H33N3/c1-7-16(2,15-13-14(15)9-10-17-3)19(6)12-8-11-18(4)5/h7,14-15,17H,1,8-13H2,2-6H3. The highest BCUT2D eigenvalue weighted by molar-refractivity contribution is 5.12. The minimum Gasteiger partial charge on any atom is -0.320 e. The van der Waals surface area contributed by atoms with Crippen molar-refractivity contribution in [3.63, 3.8) is 0 Å². The molecule has 0 spiro atoms. The van der Waals surface area contributed by atoms with Crippen LogP contribution in [0, 0.1) is 11.8 Å². The number of nitrogens with zero attached hydrogens (tertiary/aromatic N) is 2. The van der Waals surface area contributed by atoms with E-state index in [0.29, 0.717) is 0 Å². The molecule has 1 fully saturated rings. The summed E-state index contributed by atoms with van der Waals surface area (Å²) in [6.45, 7) is 9.91. The van der Waals surface area contributed by atoms with Gasteiger partial charge in [-0.3, -0.25) is 4.90 Å². The van der Waals surface area contributed by atoms with E-state index in [2.05, 4.69) is 55.8 Å². The Kier molecular flexibility index (Phi) is 6.51. The number of nitrogens with one attached hydrogen (secondary N) is 1. The fourth-order valence-electron chi connectivity index (χ4n) is 3.07. The minimum absolute atomic E-state index is 0.171. The molecule has 0 aromatic rings. The molecule has 1 N–H and O–H groups in total. The SMILES string of the molecule is C=CC(C)(C1CC1CCNC)N(C)CCCN(C)C. The normalized spacial score (nSPS) is 25.6. The molecule has 0 aliphatic heterocycles. The van der Waals surface area contributed by atoms with E-state index in [4.69, 9.17) is 0 Å². The Morgan fingerprint density at radius 3 is 2.53 bits per heavy atom. The van der Waals surface area contributed by atoms with Crippen LogP contribution in [0.4, 0.5) is 0 Å². The van der Waals surface area contributed by atoms with Gasteiger partial charge in [-0.05, 0) is 85.8 Å². The second-order valence-electron chi connectivity index (χ2n) is 6.50. The Morgan fingerprint density at radius 2 is 2.00 bits per heavy atom. The van der Waals surface area contributed by atoms with Gasteiger partial charge in [0.1, 0.15) is 0 Å². The first-order valence-electron chi connectivity index (χ1n) is 7.59. The van der Waals surface area contributed by atoms with Crippen molar-refractivity contribution in [1.29, 1.82) is 0 Å². The van der Waals surface area contributed by atoms with E-state index >= 15 is 0 Å². The first kappa shape index (κ1) is 16.7. The third kappa shape index (κ3) is 4.59. The highest BCUT2D eigenvalue weighted by Crippen LogP contribution is 2.50. The van der Waals surface area contributed by atoms with Crippen LogP contribution in [0.15, 0.2) is 12.7 Å². The molecule has 3 nitrogen and oxygen atoms in total. The van der Waals surface area contributed by atoms with Gasteiger partial charge in [-0.15, -0.1) is 6.58 Å². The van der Waals surface area contributed by atoms with Gasteiger partial charge in [0.05, 0.1) is 0 Å². The summed E-state index contributed by atoms with van der Waals surface area (Å²) in [4.78, 5) is 4.76. The molecule has 3 atom stereocenters. The maximum atomic E-state index is 4.11. The van der Waals surface area contributed by atoms with Gasteiger partial charge in [-0.1, -0.05) is 6.08 Å². The summed E-state index contributed by atoms with van der Waals surface area (Å²) >= 11 is 0. The Labute approximate surface area is 120 Å². The van der Waals surface area contributed by atoms with Crippen LogP contribution in [0.25, 0.3) is 0 Å². The highest BCUT2D eigenvalue weighted by atomic mass is 15.2. The zero-order chi connectivity index (χ0) is 14.5. The van der Waals surface area contributed by atoms with Crippen LogP contribution >= 0.6 is 0 Å². The summed E-state index contributed by atoms with van der Waals surface area (Å²) in [6.07, 6.45) is 6.06. The molecule has 1 saturated carbocycles. The molecule has 0 saturated heterocycles. The first-order valence-corrected chi connectivity index (χ1v) is 7.59. The van der Waals surface area contributed by atoms with Crippen LogP contribution in [0.1, 0.15) is 26.2 Å². The van der Waals surface area contributed by atoms with E-state index in [1.165, 1.54) is 19.3 Å². The molecule has 19 heavy (non-hydrogen) atoms. The zero-order valence-electron chi connectivity index (χ0n) is 13.6. The number of hydrogen-bond donors (Lipinski definition) is 1. The smallest absolute Gasteiger partial charge is 0.0388 e. The van der Waals surface area contributed by atoms with E-state index in [9.17, 15) is 0 Å². The Hall–Kier alpha value is -0.380. The van der Waals surface area contributed by atoms with Crippen LogP contribution in [0.2, 0.25) is 0 Å². The molecular weight excluding hydrogens is 234 g/mol. The van der Waals surface area contributed by atoms with Gasteiger partial charge in [-0.25, -0.2) is 0 Å². The molecule has 0 bridgehead atoms. The second-order valence-corrected chi connectivity index (χ2v) is 6.50. The highest BCUT2D eigenvalue weighted by Gasteiger charge is 2.49. The molecule has 0 aromatic carbocycles. The quantitative estimate of drug-likeness (QED) is 0.611. The lowest BCUT2D eigenvalue weighted by atomic mass is 9.91. The minimum atomic E-state index is 0.171. The monoisotopic (exact) mass is 267 g/mol. The molecule has 3 unspecified atom stereocenters. The molecule has 1 aliphatic rings.